The Hall–Kier alpha value is -3.32. The third-order valence-corrected chi connectivity index (χ3v) is 4.20. The molecule has 0 aliphatic heterocycles. The highest BCUT2D eigenvalue weighted by molar-refractivity contribution is 5.90. The Kier molecular flexibility index (Phi) is 5.96. The molecule has 2 aromatic carbocycles. The number of esters is 1. The van der Waals surface area contributed by atoms with Crippen LogP contribution in [0.5, 0.6) is 11.5 Å². The SMILES string of the molecule is COC(=O)c1cccc(-c2nc(COc3ccc(CO)cc3OC)c(C)o2)c1. The first-order valence-corrected chi connectivity index (χ1v) is 8.61. The smallest absolute Gasteiger partial charge is 0.337 e. The number of aliphatic hydroxyl groups is 1. The zero-order chi connectivity index (χ0) is 20.1. The Morgan fingerprint density at radius 2 is 1.96 bits per heavy atom. The van der Waals surface area contributed by atoms with Gasteiger partial charge in [-0.1, -0.05) is 12.1 Å². The molecule has 1 N–H and O–H groups in total. The van der Waals surface area contributed by atoms with E-state index in [4.69, 9.17) is 18.6 Å². The fourth-order valence-electron chi connectivity index (χ4n) is 2.66. The molecule has 3 aromatic rings. The third-order valence-electron chi connectivity index (χ3n) is 4.20. The second kappa shape index (κ2) is 8.58. The van der Waals surface area contributed by atoms with Gasteiger partial charge in [0.25, 0.3) is 0 Å². The van der Waals surface area contributed by atoms with Crippen molar-refractivity contribution in [1.82, 2.24) is 4.98 Å². The molecule has 1 heterocycles. The molecule has 0 amide bonds. The van der Waals surface area contributed by atoms with Crippen LogP contribution in [0.25, 0.3) is 11.5 Å². The maximum atomic E-state index is 11.7. The van der Waals surface area contributed by atoms with Crippen molar-refractivity contribution in [2.45, 2.75) is 20.1 Å². The van der Waals surface area contributed by atoms with E-state index in [2.05, 4.69) is 4.98 Å². The molecule has 0 unspecified atom stereocenters. The maximum absolute atomic E-state index is 11.7. The van der Waals surface area contributed by atoms with Gasteiger partial charge in [-0.2, -0.15) is 0 Å². The summed E-state index contributed by atoms with van der Waals surface area (Å²) in [6.45, 7) is 1.90. The number of carbonyl (C=O) groups excluding carboxylic acids is 1. The van der Waals surface area contributed by atoms with E-state index < -0.39 is 5.97 Å². The molecular formula is C21H21NO6. The molecular weight excluding hydrogens is 362 g/mol. The maximum Gasteiger partial charge on any atom is 0.337 e. The van der Waals surface area contributed by atoms with E-state index in [0.717, 1.165) is 5.56 Å². The first-order chi connectivity index (χ1) is 13.5. The lowest BCUT2D eigenvalue weighted by Gasteiger charge is -2.10. The van der Waals surface area contributed by atoms with Gasteiger partial charge in [-0.25, -0.2) is 9.78 Å². The number of aromatic nitrogens is 1. The molecule has 0 radical (unpaired) electrons. The van der Waals surface area contributed by atoms with Crippen LogP contribution in [-0.2, 0) is 18.0 Å². The van der Waals surface area contributed by atoms with E-state index in [9.17, 15) is 9.90 Å². The van der Waals surface area contributed by atoms with E-state index in [-0.39, 0.29) is 13.2 Å². The molecule has 146 valence electrons. The van der Waals surface area contributed by atoms with Crippen LogP contribution in [0.2, 0.25) is 0 Å². The number of nitrogens with zero attached hydrogens (tertiary/aromatic N) is 1. The number of benzene rings is 2. The molecule has 0 aliphatic rings. The van der Waals surface area contributed by atoms with Crippen molar-refractivity contribution in [3.8, 4) is 23.0 Å². The second-order valence-corrected chi connectivity index (χ2v) is 6.03. The quantitative estimate of drug-likeness (QED) is 0.624. The minimum absolute atomic E-state index is 0.0764. The standard InChI is InChI=1S/C21H21NO6/c1-13-17(12-27-18-8-7-14(11-23)9-19(18)25-2)22-20(28-13)15-5-4-6-16(10-15)21(24)26-3/h4-10,23H,11-12H2,1-3H3. The van der Waals surface area contributed by atoms with Crippen LogP contribution in [0, 0.1) is 6.92 Å². The fraction of sp³-hybridized carbons (Fsp3) is 0.238. The van der Waals surface area contributed by atoms with Crippen LogP contribution in [-0.4, -0.2) is 30.3 Å². The molecule has 28 heavy (non-hydrogen) atoms. The lowest BCUT2D eigenvalue weighted by atomic mass is 10.1. The lowest BCUT2D eigenvalue weighted by Crippen LogP contribution is -2.01. The predicted molar refractivity (Wildman–Crippen MR) is 101 cm³/mol. The molecule has 0 spiro atoms. The highest BCUT2D eigenvalue weighted by Gasteiger charge is 2.15. The minimum Gasteiger partial charge on any atom is -0.493 e. The van der Waals surface area contributed by atoms with Crippen molar-refractivity contribution in [1.29, 1.82) is 0 Å². The van der Waals surface area contributed by atoms with Gasteiger partial charge in [0.15, 0.2) is 11.5 Å². The summed E-state index contributed by atoms with van der Waals surface area (Å²) in [5.74, 6) is 1.65. The zero-order valence-electron chi connectivity index (χ0n) is 15.9. The average Bonchev–Trinajstić information content (AvgIpc) is 3.12. The molecule has 0 saturated carbocycles. The van der Waals surface area contributed by atoms with E-state index in [1.807, 2.05) is 0 Å². The number of ether oxygens (including phenoxy) is 3. The molecule has 0 aliphatic carbocycles. The minimum atomic E-state index is -0.424. The van der Waals surface area contributed by atoms with E-state index in [0.29, 0.717) is 40.0 Å². The topological polar surface area (TPSA) is 91.0 Å². The molecule has 0 saturated heterocycles. The Bertz CT molecular complexity index is 979. The summed E-state index contributed by atoms with van der Waals surface area (Å²) in [6, 6.07) is 12.1. The number of aliphatic hydroxyl groups excluding tert-OH is 1. The van der Waals surface area contributed by atoms with Gasteiger partial charge in [-0.05, 0) is 42.8 Å². The van der Waals surface area contributed by atoms with Crippen molar-refractivity contribution in [3.05, 3.63) is 65.0 Å². The van der Waals surface area contributed by atoms with Crippen LogP contribution in [0.15, 0.2) is 46.9 Å². The van der Waals surface area contributed by atoms with Crippen molar-refractivity contribution in [2.24, 2.45) is 0 Å². The van der Waals surface area contributed by atoms with Crippen LogP contribution < -0.4 is 9.47 Å². The zero-order valence-corrected chi connectivity index (χ0v) is 15.9. The number of aryl methyl sites for hydroxylation is 1. The number of rotatable bonds is 7. The van der Waals surface area contributed by atoms with Gasteiger partial charge < -0.3 is 23.7 Å². The van der Waals surface area contributed by atoms with Crippen molar-refractivity contribution >= 4 is 5.97 Å². The van der Waals surface area contributed by atoms with Gasteiger partial charge in [0, 0.05) is 5.56 Å². The number of carbonyl (C=O) groups is 1. The van der Waals surface area contributed by atoms with E-state index >= 15 is 0 Å². The molecule has 0 bridgehead atoms. The first-order valence-electron chi connectivity index (χ1n) is 8.61. The summed E-state index contributed by atoms with van der Waals surface area (Å²) in [5.41, 5.74) is 2.45. The van der Waals surface area contributed by atoms with Crippen molar-refractivity contribution < 1.29 is 28.5 Å². The summed E-state index contributed by atoms with van der Waals surface area (Å²) in [4.78, 5) is 16.2. The van der Waals surface area contributed by atoms with Gasteiger partial charge in [-0.15, -0.1) is 0 Å². The van der Waals surface area contributed by atoms with Crippen LogP contribution in [0.4, 0.5) is 0 Å². The van der Waals surface area contributed by atoms with Crippen LogP contribution in [0.3, 0.4) is 0 Å². The third kappa shape index (κ3) is 4.15. The number of oxazole rings is 1. The fourth-order valence-corrected chi connectivity index (χ4v) is 2.66. The summed E-state index contributed by atoms with van der Waals surface area (Å²) < 4.78 is 21.6. The van der Waals surface area contributed by atoms with Crippen molar-refractivity contribution in [2.75, 3.05) is 14.2 Å². The molecule has 1 aromatic heterocycles. The van der Waals surface area contributed by atoms with E-state index in [1.54, 1.807) is 49.4 Å². The Balaban J connectivity index is 1.79. The van der Waals surface area contributed by atoms with Crippen LogP contribution >= 0.6 is 0 Å². The summed E-state index contributed by atoms with van der Waals surface area (Å²) in [5, 5.41) is 9.23. The van der Waals surface area contributed by atoms with Crippen LogP contribution in [0.1, 0.15) is 27.4 Å². The van der Waals surface area contributed by atoms with Gasteiger partial charge in [0.1, 0.15) is 18.1 Å². The molecule has 0 fully saturated rings. The number of hydrogen-bond acceptors (Lipinski definition) is 7. The first kappa shape index (κ1) is 19.4. The lowest BCUT2D eigenvalue weighted by molar-refractivity contribution is 0.0601. The average molecular weight is 383 g/mol. The van der Waals surface area contributed by atoms with E-state index in [1.165, 1.54) is 14.2 Å². The Labute approximate surface area is 162 Å². The predicted octanol–water partition coefficient (Wildman–Crippen LogP) is 3.52. The summed E-state index contributed by atoms with van der Waals surface area (Å²) >= 11 is 0. The Morgan fingerprint density at radius 3 is 2.68 bits per heavy atom. The number of hydrogen-bond donors (Lipinski definition) is 1. The summed E-state index contributed by atoms with van der Waals surface area (Å²) in [6.07, 6.45) is 0. The largest absolute Gasteiger partial charge is 0.493 e. The monoisotopic (exact) mass is 383 g/mol. The second-order valence-electron chi connectivity index (χ2n) is 6.03. The van der Waals surface area contributed by atoms with Gasteiger partial charge in [-0.3, -0.25) is 0 Å². The van der Waals surface area contributed by atoms with Gasteiger partial charge >= 0.3 is 5.97 Å². The molecule has 7 heteroatoms. The normalized spacial score (nSPS) is 10.6. The van der Waals surface area contributed by atoms with Gasteiger partial charge in [0.05, 0.1) is 26.4 Å². The Morgan fingerprint density at radius 1 is 1.14 bits per heavy atom. The highest BCUT2D eigenvalue weighted by atomic mass is 16.5. The molecule has 7 nitrogen and oxygen atoms in total. The highest BCUT2D eigenvalue weighted by Crippen LogP contribution is 2.30. The van der Waals surface area contributed by atoms with Gasteiger partial charge in [0.2, 0.25) is 5.89 Å². The molecule has 0 atom stereocenters. The van der Waals surface area contributed by atoms with Crippen molar-refractivity contribution in [3.63, 3.8) is 0 Å². The summed E-state index contributed by atoms with van der Waals surface area (Å²) in [7, 11) is 2.87. The molecule has 3 rings (SSSR count). The number of methoxy groups -OCH3 is 2.